The van der Waals surface area contributed by atoms with Crippen LogP contribution in [0.1, 0.15) is 44.1 Å². The summed E-state index contributed by atoms with van der Waals surface area (Å²) in [7, 11) is 0. The van der Waals surface area contributed by atoms with E-state index in [1.807, 2.05) is 49.1 Å². The van der Waals surface area contributed by atoms with E-state index in [2.05, 4.69) is 25.4 Å². The van der Waals surface area contributed by atoms with Crippen LogP contribution in [0.2, 0.25) is 0 Å². The van der Waals surface area contributed by atoms with Crippen molar-refractivity contribution in [2.24, 2.45) is 0 Å². The highest BCUT2D eigenvalue weighted by Crippen LogP contribution is 2.33. The van der Waals surface area contributed by atoms with Crippen molar-refractivity contribution in [2.45, 2.75) is 52.2 Å². The van der Waals surface area contributed by atoms with Crippen molar-refractivity contribution < 1.29 is 9.32 Å². The molecule has 4 heterocycles. The molecule has 0 saturated carbocycles. The molecule has 34 heavy (non-hydrogen) atoms. The van der Waals surface area contributed by atoms with Crippen molar-refractivity contribution in [3.8, 4) is 11.7 Å². The number of carbonyl (C=O) groups is 1. The first kappa shape index (κ1) is 22.2. The summed E-state index contributed by atoms with van der Waals surface area (Å²) in [6, 6.07) is 9.29. The number of fused-ring (bicyclic) bond motifs is 1. The van der Waals surface area contributed by atoms with Gasteiger partial charge in [-0.05, 0) is 39.2 Å². The molecule has 1 aliphatic rings. The molecule has 1 aromatic carbocycles. The van der Waals surface area contributed by atoms with Crippen LogP contribution >= 0.6 is 11.3 Å². The molecule has 5 rings (SSSR count). The molecule has 1 atom stereocenters. The number of anilines is 1. The van der Waals surface area contributed by atoms with Gasteiger partial charge in [-0.15, -0.1) is 0 Å². The highest BCUT2D eigenvalue weighted by molar-refractivity contribution is 7.21. The van der Waals surface area contributed by atoms with Crippen LogP contribution < -0.4 is 15.8 Å². The average molecular weight is 480 g/mol. The molecule has 0 radical (unpaired) electrons. The number of hydrogen-bond donors (Lipinski definition) is 1. The number of carbonyl (C=O) groups excluding carboxylic acids is 1. The third kappa shape index (κ3) is 4.07. The number of nitrogens with one attached hydrogen (secondary N) is 1. The lowest BCUT2D eigenvalue weighted by Crippen LogP contribution is -2.43. The minimum Gasteiger partial charge on any atom is -0.350 e. The highest BCUT2D eigenvalue weighted by atomic mass is 32.1. The van der Waals surface area contributed by atoms with E-state index in [0.717, 1.165) is 18.4 Å². The maximum Gasteiger partial charge on any atom is 0.294 e. The van der Waals surface area contributed by atoms with E-state index in [0.29, 0.717) is 34.7 Å². The summed E-state index contributed by atoms with van der Waals surface area (Å²) < 4.78 is 6.82. The topological polar surface area (TPSA) is 119 Å². The third-order valence-electron chi connectivity index (χ3n) is 5.80. The number of aromatic nitrogens is 5. The molecule has 11 heteroatoms. The van der Waals surface area contributed by atoms with Gasteiger partial charge in [-0.25, -0.2) is 9.97 Å². The Hall–Kier alpha value is -3.60. The zero-order valence-corrected chi connectivity index (χ0v) is 20.0. The predicted octanol–water partition coefficient (Wildman–Crippen LogP) is 3.08. The lowest BCUT2D eigenvalue weighted by Gasteiger charge is -2.23. The van der Waals surface area contributed by atoms with Crippen molar-refractivity contribution in [3.05, 3.63) is 52.1 Å². The molecule has 1 amide bonds. The molecule has 4 aromatic rings. The molecular formula is C23H25N7O3S. The third-order valence-corrected chi connectivity index (χ3v) is 6.79. The van der Waals surface area contributed by atoms with Gasteiger partial charge in [0.2, 0.25) is 11.7 Å². The molecule has 0 unspecified atom stereocenters. The Balaban J connectivity index is 1.47. The number of aryl methyl sites for hydroxylation is 1. The predicted molar refractivity (Wildman–Crippen MR) is 129 cm³/mol. The molecule has 1 saturated heterocycles. The molecule has 0 aliphatic carbocycles. The van der Waals surface area contributed by atoms with Gasteiger partial charge in [0.1, 0.15) is 6.04 Å². The molecule has 0 bridgehead atoms. The van der Waals surface area contributed by atoms with E-state index >= 15 is 0 Å². The maximum atomic E-state index is 13.4. The Kier molecular flexibility index (Phi) is 5.86. The monoisotopic (exact) mass is 479 g/mol. The molecule has 1 N–H and O–H groups in total. The van der Waals surface area contributed by atoms with Gasteiger partial charge in [0.25, 0.3) is 11.4 Å². The molecule has 0 spiro atoms. The number of rotatable bonds is 6. The van der Waals surface area contributed by atoms with Crippen LogP contribution in [0.5, 0.6) is 0 Å². The molecule has 3 aromatic heterocycles. The number of thiazole rings is 1. The molecule has 176 valence electrons. The van der Waals surface area contributed by atoms with Crippen LogP contribution in [0.25, 0.3) is 22.1 Å². The second-order valence-electron chi connectivity index (χ2n) is 8.56. The van der Waals surface area contributed by atoms with E-state index in [9.17, 15) is 9.59 Å². The van der Waals surface area contributed by atoms with E-state index in [1.54, 1.807) is 6.92 Å². The summed E-state index contributed by atoms with van der Waals surface area (Å²) >= 11 is 1.30. The van der Waals surface area contributed by atoms with Gasteiger partial charge < -0.3 is 14.7 Å². The first-order valence-electron chi connectivity index (χ1n) is 11.2. The second kappa shape index (κ2) is 8.98. The van der Waals surface area contributed by atoms with E-state index in [4.69, 9.17) is 4.52 Å². The van der Waals surface area contributed by atoms with Crippen LogP contribution in [0, 0.1) is 6.92 Å². The zero-order chi connectivity index (χ0) is 23.8. The normalized spacial score (nSPS) is 16.0. The van der Waals surface area contributed by atoms with Crippen molar-refractivity contribution >= 4 is 32.7 Å². The van der Waals surface area contributed by atoms with Crippen LogP contribution in [0.15, 0.2) is 39.6 Å². The molecular weight excluding hydrogens is 454 g/mol. The van der Waals surface area contributed by atoms with Crippen molar-refractivity contribution in [1.29, 1.82) is 0 Å². The smallest absolute Gasteiger partial charge is 0.294 e. The Morgan fingerprint density at radius 1 is 1.24 bits per heavy atom. The van der Waals surface area contributed by atoms with E-state index in [-0.39, 0.29) is 35.0 Å². The van der Waals surface area contributed by atoms with Crippen LogP contribution in [0.4, 0.5) is 5.13 Å². The summed E-state index contributed by atoms with van der Waals surface area (Å²) in [5.41, 5.74) is 1.06. The largest absolute Gasteiger partial charge is 0.350 e. The van der Waals surface area contributed by atoms with E-state index in [1.165, 1.54) is 15.9 Å². The summed E-state index contributed by atoms with van der Waals surface area (Å²) in [6.45, 7) is 6.66. The summed E-state index contributed by atoms with van der Waals surface area (Å²) in [5.74, 6) is 0.933. The van der Waals surface area contributed by atoms with Crippen LogP contribution in [-0.4, -0.2) is 43.2 Å². The van der Waals surface area contributed by atoms with Crippen LogP contribution in [0.3, 0.4) is 0 Å². The van der Waals surface area contributed by atoms with Gasteiger partial charge in [-0.1, -0.05) is 46.8 Å². The minimum atomic E-state index is -0.338. The maximum absolute atomic E-state index is 13.4. The quantitative estimate of drug-likeness (QED) is 0.448. The van der Waals surface area contributed by atoms with Crippen molar-refractivity contribution in [2.75, 3.05) is 11.4 Å². The number of hydrogen-bond acceptors (Lipinski definition) is 9. The zero-order valence-electron chi connectivity index (χ0n) is 19.2. The van der Waals surface area contributed by atoms with Gasteiger partial charge >= 0.3 is 0 Å². The lowest BCUT2D eigenvalue weighted by molar-refractivity contribution is -0.122. The molecule has 10 nitrogen and oxygen atoms in total. The van der Waals surface area contributed by atoms with Crippen molar-refractivity contribution in [1.82, 2.24) is 30.0 Å². The van der Waals surface area contributed by atoms with Crippen LogP contribution in [-0.2, 0) is 11.3 Å². The summed E-state index contributed by atoms with van der Waals surface area (Å²) in [4.78, 5) is 42.4. The van der Waals surface area contributed by atoms with Gasteiger partial charge in [0.15, 0.2) is 21.3 Å². The first-order chi connectivity index (χ1) is 16.4. The van der Waals surface area contributed by atoms with Gasteiger partial charge in [-0.2, -0.15) is 4.98 Å². The highest BCUT2D eigenvalue weighted by Gasteiger charge is 2.33. The van der Waals surface area contributed by atoms with E-state index < -0.39 is 0 Å². The fourth-order valence-corrected chi connectivity index (χ4v) is 5.20. The first-order valence-corrected chi connectivity index (χ1v) is 12.1. The average Bonchev–Trinajstić information content (AvgIpc) is 3.56. The number of amides is 1. The summed E-state index contributed by atoms with van der Waals surface area (Å²) in [5, 5.41) is 7.48. The fraction of sp³-hybridized carbons (Fsp3) is 0.391. The standard InChI is InChI=1S/C23H25N7O3S/c1-13(2)30-18(20-25-14(3)28-33-20)27-21-17(22(30)32)26-23(34-21)29-11-7-10-16(29)19(31)24-12-15-8-5-4-6-9-15/h4-6,8-9,13,16H,7,10-12H2,1-3H3,(H,24,31)/t16-/m1/s1. The van der Waals surface area contributed by atoms with Gasteiger partial charge in [-0.3, -0.25) is 14.2 Å². The molecule has 1 fully saturated rings. The van der Waals surface area contributed by atoms with Gasteiger partial charge in [0, 0.05) is 19.1 Å². The second-order valence-corrected chi connectivity index (χ2v) is 9.51. The fourth-order valence-electron chi connectivity index (χ4n) is 4.19. The number of benzene rings is 1. The van der Waals surface area contributed by atoms with Crippen molar-refractivity contribution in [3.63, 3.8) is 0 Å². The Morgan fingerprint density at radius 2 is 2.03 bits per heavy atom. The SMILES string of the molecule is Cc1noc(-c2nc3sc(N4CCC[C@@H]4C(=O)NCc4ccccc4)nc3c(=O)n2C(C)C)n1. The Labute approximate surface area is 199 Å². The molecule has 1 aliphatic heterocycles. The Morgan fingerprint density at radius 3 is 2.74 bits per heavy atom. The Bertz CT molecular complexity index is 1390. The lowest BCUT2D eigenvalue weighted by atomic mass is 10.2. The minimum absolute atomic E-state index is 0.0461. The summed E-state index contributed by atoms with van der Waals surface area (Å²) in [6.07, 6.45) is 1.60. The van der Waals surface area contributed by atoms with Gasteiger partial charge in [0.05, 0.1) is 0 Å². The number of nitrogens with zero attached hydrogens (tertiary/aromatic N) is 6.